The number of anilines is 1. The van der Waals surface area contributed by atoms with Gasteiger partial charge in [-0.2, -0.15) is 18.2 Å². The first-order valence-corrected chi connectivity index (χ1v) is 10.9. The lowest BCUT2D eigenvalue weighted by Crippen LogP contribution is -2.51. The molecular weight excluding hydrogens is 475 g/mol. The number of hydrogen-bond acceptors (Lipinski definition) is 5. The van der Waals surface area contributed by atoms with Gasteiger partial charge < -0.3 is 10.2 Å². The number of urea groups is 1. The van der Waals surface area contributed by atoms with Gasteiger partial charge in [0.1, 0.15) is 11.4 Å². The number of nitrogens with one attached hydrogen (secondary N) is 2. The van der Waals surface area contributed by atoms with Crippen LogP contribution in [0.5, 0.6) is 0 Å². The Hall–Kier alpha value is -3.34. The highest BCUT2D eigenvalue weighted by Gasteiger charge is 2.50. The van der Waals surface area contributed by atoms with Gasteiger partial charge in [0.15, 0.2) is 0 Å². The van der Waals surface area contributed by atoms with E-state index in [1.807, 2.05) is 0 Å². The molecule has 3 heterocycles. The minimum Gasteiger partial charge on any atom is -0.355 e. The standard InChI is InChI=1S/C22H21ClF3N5O3/c1-21(14-5-3-2-4-6-14)19(33)31(20(34)28-21)29-18(32)13-7-9-30(10-8-13)17-16(23)11-15(12-27-17)22(24,25)26/h2-6,11-13H,7-10H2,1H3,(H,28,34)(H,29,32)/t21-/m0/s1. The van der Waals surface area contributed by atoms with Gasteiger partial charge in [-0.3, -0.25) is 15.0 Å². The van der Waals surface area contributed by atoms with Crippen LogP contribution >= 0.6 is 11.6 Å². The third kappa shape index (κ3) is 4.39. The van der Waals surface area contributed by atoms with Gasteiger partial charge in [0.05, 0.1) is 10.6 Å². The Morgan fingerprint density at radius 3 is 2.44 bits per heavy atom. The summed E-state index contributed by atoms with van der Waals surface area (Å²) in [5.74, 6) is -1.39. The van der Waals surface area contributed by atoms with Gasteiger partial charge in [-0.1, -0.05) is 41.9 Å². The molecule has 180 valence electrons. The average Bonchev–Trinajstić information content (AvgIpc) is 3.03. The minimum absolute atomic E-state index is 0.128. The van der Waals surface area contributed by atoms with Crippen molar-refractivity contribution >= 4 is 35.3 Å². The van der Waals surface area contributed by atoms with Crippen molar-refractivity contribution in [2.75, 3.05) is 18.0 Å². The summed E-state index contributed by atoms with van der Waals surface area (Å²) in [7, 11) is 0. The number of nitrogens with zero attached hydrogens (tertiary/aromatic N) is 3. The van der Waals surface area contributed by atoms with E-state index in [0.29, 0.717) is 36.5 Å². The molecule has 2 aliphatic rings. The maximum atomic E-state index is 12.9. The highest BCUT2D eigenvalue weighted by Crippen LogP contribution is 2.35. The first-order valence-electron chi connectivity index (χ1n) is 10.5. The van der Waals surface area contributed by atoms with Gasteiger partial charge in [-0.25, -0.2) is 9.78 Å². The number of carbonyl (C=O) groups excluding carboxylic acids is 3. The van der Waals surface area contributed by atoms with Crippen LogP contribution in [0.2, 0.25) is 5.02 Å². The Morgan fingerprint density at radius 1 is 1.21 bits per heavy atom. The highest BCUT2D eigenvalue weighted by atomic mass is 35.5. The van der Waals surface area contributed by atoms with Gasteiger partial charge >= 0.3 is 12.2 Å². The molecular formula is C22H21ClF3N5O3. The number of piperidine rings is 1. The number of aromatic nitrogens is 1. The van der Waals surface area contributed by atoms with Gasteiger partial charge in [0.25, 0.3) is 5.91 Å². The molecule has 1 aromatic carbocycles. The molecule has 0 spiro atoms. The first kappa shape index (κ1) is 23.8. The Labute approximate surface area is 198 Å². The van der Waals surface area contributed by atoms with Crippen LogP contribution in [0.4, 0.5) is 23.8 Å². The van der Waals surface area contributed by atoms with Crippen molar-refractivity contribution in [1.82, 2.24) is 20.7 Å². The second kappa shape index (κ2) is 8.79. The number of halogens is 4. The molecule has 2 saturated heterocycles. The van der Waals surface area contributed by atoms with E-state index in [9.17, 15) is 27.6 Å². The predicted molar refractivity (Wildman–Crippen MR) is 117 cm³/mol. The molecule has 0 saturated carbocycles. The van der Waals surface area contributed by atoms with Crippen molar-refractivity contribution in [3.05, 3.63) is 58.7 Å². The maximum Gasteiger partial charge on any atom is 0.417 e. The number of alkyl halides is 3. The molecule has 2 N–H and O–H groups in total. The molecule has 0 aliphatic carbocycles. The fourth-order valence-corrected chi connectivity index (χ4v) is 4.37. The summed E-state index contributed by atoms with van der Waals surface area (Å²) in [5, 5.41) is 3.18. The SMILES string of the molecule is C[C@@]1(c2ccccc2)NC(=O)N(NC(=O)C2CCN(c3ncc(C(F)(F)F)cc3Cl)CC2)C1=O. The summed E-state index contributed by atoms with van der Waals surface area (Å²) in [5.41, 5.74) is 0.750. The zero-order chi connectivity index (χ0) is 24.7. The Balaban J connectivity index is 1.38. The summed E-state index contributed by atoms with van der Waals surface area (Å²) in [6.45, 7) is 2.20. The van der Waals surface area contributed by atoms with Crippen LogP contribution in [0.15, 0.2) is 42.6 Å². The summed E-state index contributed by atoms with van der Waals surface area (Å²) < 4.78 is 38.5. The van der Waals surface area contributed by atoms with Crippen molar-refractivity contribution in [2.24, 2.45) is 5.92 Å². The lowest BCUT2D eigenvalue weighted by Gasteiger charge is -2.33. The zero-order valence-electron chi connectivity index (χ0n) is 18.0. The minimum atomic E-state index is -4.55. The monoisotopic (exact) mass is 495 g/mol. The van der Waals surface area contributed by atoms with E-state index in [1.54, 1.807) is 42.2 Å². The van der Waals surface area contributed by atoms with E-state index in [-0.39, 0.29) is 10.8 Å². The quantitative estimate of drug-likeness (QED) is 0.633. The zero-order valence-corrected chi connectivity index (χ0v) is 18.8. The van der Waals surface area contributed by atoms with Gasteiger partial charge in [-0.05, 0) is 31.4 Å². The molecule has 0 bridgehead atoms. The third-order valence-electron chi connectivity index (χ3n) is 6.08. The number of imide groups is 1. The summed E-state index contributed by atoms with van der Waals surface area (Å²) in [4.78, 5) is 43.7. The molecule has 2 aromatic rings. The largest absolute Gasteiger partial charge is 0.417 e. The van der Waals surface area contributed by atoms with Gasteiger partial charge in [0, 0.05) is 25.2 Å². The van der Waals surface area contributed by atoms with Crippen LogP contribution < -0.4 is 15.6 Å². The first-order chi connectivity index (χ1) is 16.0. The number of benzene rings is 1. The van der Waals surface area contributed by atoms with E-state index in [1.165, 1.54) is 0 Å². The van der Waals surface area contributed by atoms with E-state index in [0.717, 1.165) is 12.3 Å². The maximum absolute atomic E-state index is 12.9. The smallest absolute Gasteiger partial charge is 0.355 e. The van der Waals surface area contributed by atoms with Crippen LogP contribution in [0.25, 0.3) is 0 Å². The molecule has 2 aliphatic heterocycles. The molecule has 1 atom stereocenters. The predicted octanol–water partition coefficient (Wildman–Crippen LogP) is 3.47. The summed E-state index contributed by atoms with van der Waals surface area (Å²) in [6.07, 6.45) is -3.15. The van der Waals surface area contributed by atoms with Crippen LogP contribution in [-0.4, -0.2) is 40.9 Å². The number of hydrogen-bond donors (Lipinski definition) is 2. The molecule has 4 amide bonds. The Morgan fingerprint density at radius 2 is 1.85 bits per heavy atom. The van der Waals surface area contributed by atoms with Crippen LogP contribution in [0.1, 0.15) is 30.9 Å². The Bertz CT molecular complexity index is 1120. The normalized spacial score (nSPS) is 21.6. The molecule has 0 radical (unpaired) electrons. The number of carbonyl (C=O) groups is 3. The van der Waals surface area contributed by atoms with Crippen LogP contribution in [0, 0.1) is 5.92 Å². The van der Waals surface area contributed by atoms with E-state index in [2.05, 4.69) is 15.7 Å². The summed E-state index contributed by atoms with van der Waals surface area (Å²) >= 11 is 6.02. The van der Waals surface area contributed by atoms with Crippen molar-refractivity contribution in [1.29, 1.82) is 0 Å². The number of pyridine rings is 1. The van der Waals surface area contributed by atoms with Crippen LogP contribution in [-0.2, 0) is 21.3 Å². The van der Waals surface area contributed by atoms with E-state index >= 15 is 0 Å². The lowest BCUT2D eigenvalue weighted by atomic mass is 9.92. The molecule has 8 nitrogen and oxygen atoms in total. The number of hydrazine groups is 1. The fourth-order valence-electron chi connectivity index (χ4n) is 4.08. The molecule has 4 rings (SSSR count). The van der Waals surface area contributed by atoms with Gasteiger partial charge in [-0.15, -0.1) is 0 Å². The Kier molecular flexibility index (Phi) is 6.15. The van der Waals surface area contributed by atoms with Crippen LogP contribution in [0.3, 0.4) is 0 Å². The molecule has 1 aromatic heterocycles. The second-order valence-electron chi connectivity index (χ2n) is 8.33. The third-order valence-corrected chi connectivity index (χ3v) is 6.36. The molecule has 34 heavy (non-hydrogen) atoms. The summed E-state index contributed by atoms with van der Waals surface area (Å²) in [6, 6.07) is 8.78. The second-order valence-corrected chi connectivity index (χ2v) is 8.73. The highest BCUT2D eigenvalue weighted by molar-refractivity contribution is 6.33. The van der Waals surface area contributed by atoms with Crippen molar-refractivity contribution in [3.63, 3.8) is 0 Å². The van der Waals surface area contributed by atoms with E-state index < -0.39 is 41.0 Å². The number of rotatable bonds is 4. The molecule has 2 fully saturated rings. The number of amides is 4. The van der Waals surface area contributed by atoms with Crippen molar-refractivity contribution < 1.29 is 27.6 Å². The van der Waals surface area contributed by atoms with Crippen molar-refractivity contribution in [2.45, 2.75) is 31.5 Å². The fraction of sp³-hybridized carbons (Fsp3) is 0.364. The average molecular weight is 496 g/mol. The molecule has 12 heteroatoms. The topological polar surface area (TPSA) is 94.6 Å². The van der Waals surface area contributed by atoms with Gasteiger partial charge in [0.2, 0.25) is 5.91 Å². The molecule has 0 unspecified atom stereocenters. The van der Waals surface area contributed by atoms with Crippen molar-refractivity contribution in [3.8, 4) is 0 Å². The lowest BCUT2D eigenvalue weighted by molar-refractivity contribution is -0.140. The van der Waals surface area contributed by atoms with E-state index in [4.69, 9.17) is 11.6 Å².